The Bertz CT molecular complexity index is 1550. The maximum Gasteiger partial charge on any atom is 0.291 e. The van der Waals surface area contributed by atoms with E-state index in [9.17, 15) is 9.59 Å². The average Bonchev–Trinajstić information content (AvgIpc) is 3.49. The molecule has 0 unspecified atom stereocenters. The number of fused-ring (bicyclic) bond motifs is 2. The number of anilines is 1. The predicted molar refractivity (Wildman–Crippen MR) is 129 cm³/mol. The second kappa shape index (κ2) is 8.31. The molecule has 0 fully saturated rings. The molecule has 0 bridgehead atoms. The zero-order chi connectivity index (χ0) is 24.0. The van der Waals surface area contributed by atoms with Gasteiger partial charge in [0, 0.05) is 17.7 Å². The van der Waals surface area contributed by atoms with Gasteiger partial charge in [0.25, 0.3) is 11.5 Å². The Kier molecular flexibility index (Phi) is 5.29. The molecule has 1 aliphatic rings. The van der Waals surface area contributed by atoms with Crippen molar-refractivity contribution < 1.29 is 19.0 Å². The van der Waals surface area contributed by atoms with E-state index in [0.717, 1.165) is 17.0 Å². The van der Waals surface area contributed by atoms with E-state index < -0.39 is 5.56 Å². The fourth-order valence-corrected chi connectivity index (χ4v) is 5.03. The van der Waals surface area contributed by atoms with Crippen LogP contribution in [0.3, 0.4) is 0 Å². The third kappa shape index (κ3) is 3.14. The molecule has 0 aliphatic carbocycles. The van der Waals surface area contributed by atoms with Crippen LogP contribution in [0.4, 0.5) is 5.69 Å². The van der Waals surface area contributed by atoms with Crippen molar-refractivity contribution in [2.45, 2.75) is 0 Å². The van der Waals surface area contributed by atoms with Crippen LogP contribution in [0.2, 0.25) is 0 Å². The summed E-state index contributed by atoms with van der Waals surface area (Å²) in [5.41, 5.74) is 2.01. The number of hydrogen-bond donors (Lipinski definition) is 0. The molecular weight excluding hydrogens is 456 g/mol. The Morgan fingerprint density at radius 2 is 1.76 bits per heavy atom. The van der Waals surface area contributed by atoms with E-state index in [1.54, 1.807) is 23.1 Å². The quantitative estimate of drug-likeness (QED) is 0.394. The number of aromatic nitrogens is 3. The van der Waals surface area contributed by atoms with Gasteiger partial charge in [-0.2, -0.15) is 9.50 Å². The van der Waals surface area contributed by atoms with Gasteiger partial charge in [-0.1, -0.05) is 35.6 Å². The summed E-state index contributed by atoms with van der Waals surface area (Å²) in [6.07, 6.45) is 1.65. The molecule has 0 saturated carbocycles. The summed E-state index contributed by atoms with van der Waals surface area (Å²) in [6, 6.07) is 10.8. The monoisotopic (exact) mass is 476 g/mol. The molecule has 1 aliphatic heterocycles. The molecule has 9 nitrogen and oxygen atoms in total. The Morgan fingerprint density at radius 1 is 1.06 bits per heavy atom. The molecule has 172 valence electrons. The second-order valence-corrected chi connectivity index (χ2v) is 8.35. The van der Waals surface area contributed by atoms with Crippen molar-refractivity contribution in [3.8, 4) is 28.6 Å². The van der Waals surface area contributed by atoms with Gasteiger partial charge in [-0.05, 0) is 18.2 Å². The highest BCUT2D eigenvalue weighted by Crippen LogP contribution is 2.40. The number of benzene rings is 2. The summed E-state index contributed by atoms with van der Waals surface area (Å²) in [5, 5.41) is 4.41. The highest BCUT2D eigenvalue weighted by atomic mass is 32.1. The highest BCUT2D eigenvalue weighted by molar-refractivity contribution is 7.15. The van der Waals surface area contributed by atoms with Crippen LogP contribution in [0, 0.1) is 0 Å². The summed E-state index contributed by atoms with van der Waals surface area (Å²) in [5.74, 6) is 1.42. The number of methoxy groups -OCH3 is 3. The normalized spacial score (nSPS) is 14.4. The van der Waals surface area contributed by atoms with Crippen molar-refractivity contribution in [3.63, 3.8) is 0 Å². The van der Waals surface area contributed by atoms with Crippen molar-refractivity contribution in [3.05, 3.63) is 69.5 Å². The second-order valence-electron chi connectivity index (χ2n) is 7.38. The predicted octanol–water partition coefficient (Wildman–Crippen LogP) is 2.29. The van der Waals surface area contributed by atoms with Gasteiger partial charge in [0.1, 0.15) is 4.53 Å². The van der Waals surface area contributed by atoms with E-state index in [4.69, 9.17) is 14.2 Å². The topological polar surface area (TPSA) is 95.3 Å². The van der Waals surface area contributed by atoms with Crippen LogP contribution >= 0.6 is 11.3 Å². The molecule has 0 spiro atoms. The van der Waals surface area contributed by atoms with Crippen LogP contribution in [-0.4, -0.2) is 48.4 Å². The summed E-state index contributed by atoms with van der Waals surface area (Å²) in [6.45, 7) is 4.08. The number of hydrogen-bond acceptors (Lipinski definition) is 8. The van der Waals surface area contributed by atoms with Crippen LogP contribution in [0.5, 0.6) is 17.2 Å². The molecule has 0 atom stereocenters. The van der Waals surface area contributed by atoms with Gasteiger partial charge in [-0.15, -0.1) is 11.7 Å². The zero-order valence-corrected chi connectivity index (χ0v) is 19.5. The molecule has 0 radical (unpaired) electrons. The lowest BCUT2D eigenvalue weighted by molar-refractivity contribution is -0.112. The summed E-state index contributed by atoms with van der Waals surface area (Å²) >= 11 is 1.13. The van der Waals surface area contributed by atoms with Crippen LogP contribution < -0.4 is 29.2 Å². The van der Waals surface area contributed by atoms with Gasteiger partial charge < -0.3 is 19.1 Å². The Hall–Kier alpha value is -4.18. The van der Waals surface area contributed by atoms with Gasteiger partial charge in [0.2, 0.25) is 10.7 Å². The van der Waals surface area contributed by atoms with Crippen molar-refractivity contribution in [1.82, 2.24) is 14.6 Å². The zero-order valence-electron chi connectivity index (χ0n) is 18.7. The van der Waals surface area contributed by atoms with E-state index >= 15 is 0 Å². The minimum absolute atomic E-state index is 0.243. The third-order valence-electron chi connectivity index (χ3n) is 5.54. The van der Waals surface area contributed by atoms with Crippen molar-refractivity contribution in [1.29, 1.82) is 0 Å². The van der Waals surface area contributed by atoms with Crippen molar-refractivity contribution in [2.24, 2.45) is 0 Å². The number of nitrogens with zero attached hydrogens (tertiary/aromatic N) is 4. The molecule has 0 saturated heterocycles. The Morgan fingerprint density at radius 3 is 2.38 bits per heavy atom. The SMILES string of the molecule is C=CCN1C(=O)C(=c2sc3nc(-c4cc(OC)c(OC)c(OC)c4)nn3c2=O)c2ccccc21. The molecule has 0 N–H and O–H groups in total. The largest absolute Gasteiger partial charge is 0.493 e. The summed E-state index contributed by atoms with van der Waals surface area (Å²) < 4.78 is 17.7. The number of amides is 1. The number of para-hydroxylation sites is 1. The maximum absolute atomic E-state index is 13.3. The first-order chi connectivity index (χ1) is 16.5. The molecule has 2 aromatic heterocycles. The fourth-order valence-electron chi connectivity index (χ4n) is 4.03. The lowest BCUT2D eigenvalue weighted by Gasteiger charge is -2.13. The van der Waals surface area contributed by atoms with Crippen LogP contribution in [0.25, 0.3) is 21.9 Å². The molecule has 5 rings (SSSR count). The molecule has 3 heterocycles. The van der Waals surface area contributed by atoms with Gasteiger partial charge in [0.05, 0.1) is 32.6 Å². The van der Waals surface area contributed by atoms with Crippen LogP contribution in [0.1, 0.15) is 5.56 Å². The van der Waals surface area contributed by atoms with E-state index in [-0.39, 0.29) is 5.91 Å². The minimum atomic E-state index is -0.398. The van der Waals surface area contributed by atoms with Gasteiger partial charge in [-0.3, -0.25) is 9.59 Å². The van der Waals surface area contributed by atoms with E-state index in [1.807, 2.05) is 24.3 Å². The number of ether oxygens (including phenoxy) is 3. The Balaban J connectivity index is 1.68. The van der Waals surface area contributed by atoms with E-state index in [1.165, 1.54) is 25.8 Å². The van der Waals surface area contributed by atoms with Gasteiger partial charge >= 0.3 is 0 Å². The molecular formula is C24H20N4O5S. The van der Waals surface area contributed by atoms with Crippen molar-refractivity contribution >= 4 is 33.5 Å². The van der Waals surface area contributed by atoms with Crippen LogP contribution in [-0.2, 0) is 4.79 Å². The lowest BCUT2D eigenvalue weighted by atomic mass is 10.1. The standard InChI is InChI=1S/C24H20N4O5S/c1-5-10-27-15-9-7-6-8-14(15)18(22(27)29)20-23(30)28-24(34-20)25-21(26-28)13-11-16(31-2)19(33-4)17(12-13)32-3/h5-9,11-12H,1,10H2,2-4H3. The minimum Gasteiger partial charge on any atom is -0.493 e. The third-order valence-corrected chi connectivity index (χ3v) is 6.57. The van der Waals surface area contributed by atoms with E-state index in [2.05, 4.69) is 16.7 Å². The summed E-state index contributed by atoms with van der Waals surface area (Å²) in [4.78, 5) is 33.1. The summed E-state index contributed by atoms with van der Waals surface area (Å²) in [7, 11) is 4.56. The number of thiazole rings is 1. The highest BCUT2D eigenvalue weighted by Gasteiger charge is 2.33. The number of rotatable bonds is 6. The van der Waals surface area contributed by atoms with E-state index in [0.29, 0.717) is 55.8 Å². The first kappa shape index (κ1) is 21.7. The molecule has 4 aromatic rings. The first-order valence-corrected chi connectivity index (χ1v) is 11.1. The number of carbonyl (C=O) groups is 1. The molecule has 10 heteroatoms. The van der Waals surface area contributed by atoms with Gasteiger partial charge in [0.15, 0.2) is 17.3 Å². The smallest absolute Gasteiger partial charge is 0.291 e. The van der Waals surface area contributed by atoms with Crippen LogP contribution in [0.15, 0.2) is 53.8 Å². The lowest BCUT2D eigenvalue weighted by Crippen LogP contribution is -2.32. The molecule has 2 aromatic carbocycles. The average molecular weight is 477 g/mol. The number of carbonyl (C=O) groups excluding carboxylic acids is 1. The Labute approximate surface area is 198 Å². The molecule has 1 amide bonds. The van der Waals surface area contributed by atoms with Crippen molar-refractivity contribution in [2.75, 3.05) is 32.8 Å². The first-order valence-electron chi connectivity index (χ1n) is 10.3. The van der Waals surface area contributed by atoms with Gasteiger partial charge in [-0.25, -0.2) is 0 Å². The fraction of sp³-hybridized carbons (Fsp3) is 0.167. The maximum atomic E-state index is 13.3. The molecule has 34 heavy (non-hydrogen) atoms.